The molecule has 9 heteroatoms. The van der Waals surface area contributed by atoms with Gasteiger partial charge in [-0.1, -0.05) is 6.07 Å². The number of amides is 1. The third-order valence-electron chi connectivity index (χ3n) is 5.54. The Bertz CT molecular complexity index is 1190. The molecule has 1 aliphatic rings. The fourth-order valence-electron chi connectivity index (χ4n) is 3.96. The van der Waals surface area contributed by atoms with E-state index in [9.17, 15) is 4.79 Å². The first-order valence-corrected chi connectivity index (χ1v) is 11.0. The molecule has 0 aromatic carbocycles. The van der Waals surface area contributed by atoms with Gasteiger partial charge in [0.2, 0.25) is 0 Å². The molecule has 5 rings (SSSR count). The van der Waals surface area contributed by atoms with Crippen molar-refractivity contribution in [3.05, 3.63) is 76.7 Å². The number of halogens is 1. The Morgan fingerprint density at radius 3 is 3.06 bits per heavy atom. The maximum atomic E-state index is 12.8. The summed E-state index contributed by atoms with van der Waals surface area (Å²) >= 11 is 3.56. The number of hydrogen-bond acceptors (Lipinski definition) is 6. The van der Waals surface area contributed by atoms with Crippen LogP contribution in [-0.4, -0.2) is 43.5 Å². The lowest BCUT2D eigenvalue weighted by Crippen LogP contribution is -2.39. The van der Waals surface area contributed by atoms with Gasteiger partial charge in [0.15, 0.2) is 5.65 Å². The normalized spacial score (nSPS) is 16.5. The number of furan rings is 1. The molecular weight excluding hydrogens is 460 g/mol. The van der Waals surface area contributed by atoms with Crippen LogP contribution in [0.3, 0.4) is 0 Å². The summed E-state index contributed by atoms with van der Waals surface area (Å²) < 4.78 is 7.71. The van der Waals surface area contributed by atoms with Crippen molar-refractivity contribution in [2.45, 2.75) is 25.3 Å². The summed E-state index contributed by atoms with van der Waals surface area (Å²) in [5, 5.41) is 7.91. The number of aromatic nitrogens is 4. The Balaban J connectivity index is 1.42. The van der Waals surface area contributed by atoms with Crippen LogP contribution in [0.25, 0.3) is 5.65 Å². The minimum absolute atomic E-state index is 0.0000116. The van der Waals surface area contributed by atoms with Crippen molar-refractivity contribution >= 4 is 33.3 Å². The molecule has 1 saturated heterocycles. The summed E-state index contributed by atoms with van der Waals surface area (Å²) in [5.41, 5.74) is 3.37. The van der Waals surface area contributed by atoms with Gasteiger partial charge in [0.05, 0.1) is 28.2 Å². The second-order valence-electron chi connectivity index (χ2n) is 7.61. The fraction of sp³-hybridized carbons (Fsp3) is 0.273. The van der Waals surface area contributed by atoms with E-state index in [4.69, 9.17) is 9.40 Å². The van der Waals surface area contributed by atoms with Gasteiger partial charge in [0, 0.05) is 44.0 Å². The van der Waals surface area contributed by atoms with Crippen LogP contribution in [0.1, 0.15) is 40.4 Å². The molecule has 158 valence electrons. The molecular formula is C22H21BrN6O2. The average Bonchev–Trinajstić information content (AvgIpc) is 3.48. The predicted octanol–water partition coefficient (Wildman–Crippen LogP) is 4.11. The largest absolute Gasteiger partial charge is 0.472 e. The molecule has 1 aliphatic heterocycles. The van der Waals surface area contributed by atoms with Crippen LogP contribution in [0, 0.1) is 0 Å². The first-order chi connectivity index (χ1) is 15.2. The van der Waals surface area contributed by atoms with E-state index in [1.54, 1.807) is 23.0 Å². The summed E-state index contributed by atoms with van der Waals surface area (Å²) in [6.45, 7) is 1.99. The van der Waals surface area contributed by atoms with E-state index in [-0.39, 0.29) is 11.8 Å². The number of anilines is 1. The Hall–Kier alpha value is -3.20. The van der Waals surface area contributed by atoms with Crippen LogP contribution in [0.15, 0.2) is 64.3 Å². The zero-order chi connectivity index (χ0) is 21.2. The van der Waals surface area contributed by atoms with Crippen LogP contribution >= 0.6 is 15.9 Å². The molecule has 1 unspecified atom stereocenters. The zero-order valence-electron chi connectivity index (χ0n) is 16.7. The van der Waals surface area contributed by atoms with E-state index in [1.807, 2.05) is 29.3 Å². The molecule has 1 atom stereocenters. The van der Waals surface area contributed by atoms with Gasteiger partial charge in [-0.15, -0.1) is 0 Å². The second kappa shape index (κ2) is 8.50. The number of piperidine rings is 1. The molecule has 0 radical (unpaired) electrons. The van der Waals surface area contributed by atoms with Crippen LogP contribution in [-0.2, 0) is 6.54 Å². The Morgan fingerprint density at radius 2 is 2.26 bits per heavy atom. The van der Waals surface area contributed by atoms with Crippen molar-refractivity contribution in [2.24, 2.45) is 0 Å². The van der Waals surface area contributed by atoms with Gasteiger partial charge in [-0.25, -0.2) is 4.98 Å². The third-order valence-corrected chi connectivity index (χ3v) is 6.10. The fourth-order valence-corrected chi connectivity index (χ4v) is 4.31. The summed E-state index contributed by atoms with van der Waals surface area (Å²) in [5.74, 6) is 1.00. The minimum atomic E-state index is -0.0000116. The van der Waals surface area contributed by atoms with Crippen molar-refractivity contribution in [1.82, 2.24) is 24.5 Å². The lowest BCUT2D eigenvalue weighted by molar-refractivity contribution is 0.0705. The Labute approximate surface area is 187 Å². The van der Waals surface area contributed by atoms with Crippen LogP contribution in [0.2, 0.25) is 0 Å². The van der Waals surface area contributed by atoms with Gasteiger partial charge in [0.1, 0.15) is 12.1 Å². The molecule has 0 spiro atoms. The second-order valence-corrected chi connectivity index (χ2v) is 8.47. The molecule has 4 aromatic heterocycles. The molecule has 4 aromatic rings. The van der Waals surface area contributed by atoms with Gasteiger partial charge in [0.25, 0.3) is 5.91 Å². The first kappa shape index (κ1) is 19.7. The highest BCUT2D eigenvalue weighted by Crippen LogP contribution is 2.30. The molecule has 5 heterocycles. The molecule has 31 heavy (non-hydrogen) atoms. The number of carbonyl (C=O) groups is 1. The van der Waals surface area contributed by atoms with Gasteiger partial charge in [-0.05, 0) is 46.5 Å². The van der Waals surface area contributed by atoms with Crippen molar-refractivity contribution in [3.8, 4) is 0 Å². The van der Waals surface area contributed by atoms with Gasteiger partial charge < -0.3 is 14.6 Å². The smallest absolute Gasteiger partial charge is 0.257 e. The van der Waals surface area contributed by atoms with E-state index in [2.05, 4.69) is 31.3 Å². The quantitative estimate of drug-likeness (QED) is 0.462. The number of hydrogen-bond donors (Lipinski definition) is 1. The van der Waals surface area contributed by atoms with E-state index >= 15 is 0 Å². The highest BCUT2D eigenvalue weighted by atomic mass is 79.9. The molecule has 0 bridgehead atoms. The number of nitrogens with one attached hydrogen (secondary N) is 1. The van der Waals surface area contributed by atoms with Gasteiger partial charge in [-0.3, -0.25) is 9.78 Å². The van der Waals surface area contributed by atoms with Crippen LogP contribution in [0.4, 0.5) is 5.82 Å². The highest BCUT2D eigenvalue weighted by molar-refractivity contribution is 9.10. The number of likely N-dealkylation sites (tertiary alicyclic amines) is 1. The molecule has 1 N–H and O–H groups in total. The number of rotatable bonds is 5. The Morgan fingerprint density at radius 1 is 1.32 bits per heavy atom. The summed E-state index contributed by atoms with van der Waals surface area (Å²) in [4.78, 5) is 23.7. The van der Waals surface area contributed by atoms with Crippen LogP contribution < -0.4 is 5.32 Å². The van der Waals surface area contributed by atoms with Crippen molar-refractivity contribution < 1.29 is 9.21 Å². The standard InChI is InChI=1S/C22H21BrN6O2/c23-18-12-26-29-20(25-11-15-3-1-6-24-10-15)9-19(27-21(18)29)16-4-2-7-28(13-16)22(30)17-5-8-31-14-17/h1,3,5-6,8-10,12,14,16,25H,2,4,7,11,13H2. The highest BCUT2D eigenvalue weighted by Gasteiger charge is 2.28. The summed E-state index contributed by atoms with van der Waals surface area (Å²) in [6.07, 6.45) is 10.3. The van der Waals surface area contributed by atoms with Gasteiger partial charge >= 0.3 is 0 Å². The molecule has 0 saturated carbocycles. The van der Waals surface area contributed by atoms with Crippen molar-refractivity contribution in [3.63, 3.8) is 0 Å². The summed E-state index contributed by atoms with van der Waals surface area (Å²) in [7, 11) is 0. The maximum absolute atomic E-state index is 12.8. The van der Waals surface area contributed by atoms with Crippen molar-refractivity contribution in [2.75, 3.05) is 18.4 Å². The monoisotopic (exact) mass is 480 g/mol. The zero-order valence-corrected chi connectivity index (χ0v) is 18.3. The van der Waals surface area contributed by atoms with E-state index in [0.29, 0.717) is 18.7 Å². The van der Waals surface area contributed by atoms with Gasteiger partial charge in [-0.2, -0.15) is 9.61 Å². The third kappa shape index (κ3) is 4.05. The van der Waals surface area contributed by atoms with E-state index in [0.717, 1.165) is 46.6 Å². The topological polar surface area (TPSA) is 88.6 Å². The molecule has 0 aliphatic carbocycles. The van der Waals surface area contributed by atoms with E-state index in [1.165, 1.54) is 12.5 Å². The number of carbonyl (C=O) groups excluding carboxylic acids is 1. The van der Waals surface area contributed by atoms with Crippen molar-refractivity contribution in [1.29, 1.82) is 0 Å². The molecule has 8 nitrogen and oxygen atoms in total. The van der Waals surface area contributed by atoms with E-state index < -0.39 is 0 Å². The molecule has 1 fully saturated rings. The van der Waals surface area contributed by atoms with Crippen LogP contribution in [0.5, 0.6) is 0 Å². The lowest BCUT2D eigenvalue weighted by Gasteiger charge is -2.32. The number of pyridine rings is 1. The maximum Gasteiger partial charge on any atom is 0.257 e. The first-order valence-electron chi connectivity index (χ1n) is 10.2. The minimum Gasteiger partial charge on any atom is -0.472 e. The molecule has 1 amide bonds. The average molecular weight is 481 g/mol. The predicted molar refractivity (Wildman–Crippen MR) is 119 cm³/mol. The number of fused-ring (bicyclic) bond motifs is 1. The lowest BCUT2D eigenvalue weighted by atomic mass is 9.94. The Kier molecular flexibility index (Phi) is 5.42. The SMILES string of the molecule is O=C(c1ccoc1)N1CCCC(c2cc(NCc3cccnc3)n3ncc(Br)c3n2)C1. The number of nitrogens with zero attached hydrogens (tertiary/aromatic N) is 5. The summed E-state index contributed by atoms with van der Waals surface area (Å²) in [6, 6.07) is 7.70.